The molecule has 0 heterocycles. The molecule has 6 heteroatoms. The van der Waals surface area contributed by atoms with Crippen LogP contribution in [-0.2, 0) is 9.59 Å². The van der Waals surface area contributed by atoms with E-state index in [0.717, 1.165) is 10.6 Å². The summed E-state index contributed by atoms with van der Waals surface area (Å²) < 4.78 is 5.35. The Morgan fingerprint density at radius 1 is 1.27 bits per heavy atom. The molecule has 22 heavy (non-hydrogen) atoms. The van der Waals surface area contributed by atoms with Crippen molar-refractivity contribution in [1.29, 1.82) is 0 Å². The van der Waals surface area contributed by atoms with E-state index in [-0.39, 0.29) is 17.6 Å². The van der Waals surface area contributed by atoms with Gasteiger partial charge in [0, 0.05) is 4.90 Å². The number of benzene rings is 1. The van der Waals surface area contributed by atoms with Gasteiger partial charge in [-0.25, -0.2) is 4.79 Å². The lowest BCUT2D eigenvalue weighted by Crippen LogP contribution is -2.42. The molecule has 1 unspecified atom stereocenters. The van der Waals surface area contributed by atoms with Crippen molar-refractivity contribution >= 4 is 23.6 Å². The minimum absolute atomic E-state index is 0.190. The molecule has 0 aliphatic carbocycles. The Kier molecular flexibility index (Phi) is 7.80. The molecule has 0 saturated carbocycles. The van der Waals surface area contributed by atoms with E-state index >= 15 is 0 Å². The number of aliphatic carboxylic acids is 1. The van der Waals surface area contributed by atoms with Crippen molar-refractivity contribution in [3.63, 3.8) is 0 Å². The van der Waals surface area contributed by atoms with Crippen LogP contribution in [0.4, 0.5) is 0 Å². The van der Waals surface area contributed by atoms with Crippen LogP contribution in [0.5, 0.6) is 5.75 Å². The van der Waals surface area contributed by atoms with Gasteiger partial charge in [-0.2, -0.15) is 0 Å². The summed E-state index contributed by atoms with van der Waals surface area (Å²) in [6.07, 6.45) is 0.425. The van der Waals surface area contributed by atoms with Gasteiger partial charge >= 0.3 is 5.97 Å². The van der Waals surface area contributed by atoms with Gasteiger partial charge in [-0.1, -0.05) is 13.8 Å². The van der Waals surface area contributed by atoms with E-state index in [9.17, 15) is 9.59 Å². The molecule has 0 saturated heterocycles. The van der Waals surface area contributed by atoms with Crippen LogP contribution in [0.25, 0.3) is 0 Å². The first-order valence-corrected chi connectivity index (χ1v) is 8.28. The SMILES string of the molecule is CCOc1ccc(SCC(=O)NC(CC(C)C)C(=O)O)cc1. The number of thioether (sulfide) groups is 1. The lowest BCUT2D eigenvalue weighted by molar-refractivity contribution is -0.141. The number of carboxylic acid groups (broad SMARTS) is 1. The third-order valence-corrected chi connectivity index (χ3v) is 3.86. The molecule has 2 N–H and O–H groups in total. The monoisotopic (exact) mass is 325 g/mol. The first-order valence-electron chi connectivity index (χ1n) is 7.30. The van der Waals surface area contributed by atoms with Gasteiger partial charge in [-0.05, 0) is 43.5 Å². The number of nitrogens with one attached hydrogen (secondary N) is 1. The highest BCUT2D eigenvalue weighted by Crippen LogP contribution is 2.21. The molecule has 0 bridgehead atoms. The van der Waals surface area contributed by atoms with Crippen molar-refractivity contribution in [2.75, 3.05) is 12.4 Å². The van der Waals surface area contributed by atoms with Crippen LogP contribution in [0.3, 0.4) is 0 Å². The van der Waals surface area contributed by atoms with E-state index in [0.29, 0.717) is 13.0 Å². The maximum absolute atomic E-state index is 11.9. The first-order chi connectivity index (χ1) is 10.4. The molecule has 1 amide bonds. The van der Waals surface area contributed by atoms with Gasteiger partial charge in [-0.3, -0.25) is 4.79 Å². The van der Waals surface area contributed by atoms with Gasteiger partial charge in [-0.15, -0.1) is 11.8 Å². The number of carbonyl (C=O) groups is 2. The Bertz CT molecular complexity index is 487. The number of amides is 1. The number of hydrogen-bond donors (Lipinski definition) is 2. The van der Waals surface area contributed by atoms with Crippen molar-refractivity contribution in [3.8, 4) is 5.75 Å². The van der Waals surface area contributed by atoms with E-state index in [1.165, 1.54) is 11.8 Å². The minimum atomic E-state index is -0.992. The van der Waals surface area contributed by atoms with Crippen LogP contribution in [-0.4, -0.2) is 35.4 Å². The van der Waals surface area contributed by atoms with Crippen LogP contribution in [0.2, 0.25) is 0 Å². The van der Waals surface area contributed by atoms with E-state index < -0.39 is 12.0 Å². The smallest absolute Gasteiger partial charge is 0.326 e. The Labute approximate surface area is 135 Å². The highest BCUT2D eigenvalue weighted by Gasteiger charge is 2.20. The third kappa shape index (κ3) is 6.85. The molecule has 0 aliphatic rings. The average molecular weight is 325 g/mol. The Morgan fingerprint density at radius 2 is 1.91 bits per heavy atom. The van der Waals surface area contributed by atoms with Gasteiger partial charge in [0.25, 0.3) is 0 Å². The lowest BCUT2D eigenvalue weighted by Gasteiger charge is -2.16. The molecule has 122 valence electrons. The van der Waals surface area contributed by atoms with E-state index in [1.807, 2.05) is 45.0 Å². The maximum Gasteiger partial charge on any atom is 0.326 e. The lowest BCUT2D eigenvalue weighted by atomic mass is 10.0. The number of rotatable bonds is 9. The maximum atomic E-state index is 11.9. The van der Waals surface area contributed by atoms with Crippen molar-refractivity contribution in [3.05, 3.63) is 24.3 Å². The van der Waals surface area contributed by atoms with Gasteiger partial charge in [0.15, 0.2) is 0 Å². The van der Waals surface area contributed by atoms with Gasteiger partial charge in [0.05, 0.1) is 12.4 Å². The van der Waals surface area contributed by atoms with Crippen molar-refractivity contribution in [1.82, 2.24) is 5.32 Å². The average Bonchev–Trinajstić information content (AvgIpc) is 2.45. The molecule has 1 aromatic rings. The van der Waals surface area contributed by atoms with Crippen LogP contribution in [0, 0.1) is 5.92 Å². The standard InChI is InChI=1S/C16H23NO4S/c1-4-21-12-5-7-13(8-6-12)22-10-15(18)17-14(16(19)20)9-11(2)3/h5-8,11,14H,4,9-10H2,1-3H3,(H,17,18)(H,19,20). The fourth-order valence-electron chi connectivity index (χ4n) is 1.88. The topological polar surface area (TPSA) is 75.6 Å². The molecule has 0 aliphatic heterocycles. The first kappa shape index (κ1) is 18.4. The van der Waals surface area contributed by atoms with E-state index in [2.05, 4.69) is 5.32 Å². The van der Waals surface area contributed by atoms with Gasteiger partial charge in [0.2, 0.25) is 5.91 Å². The molecule has 0 spiro atoms. The summed E-state index contributed by atoms with van der Waals surface area (Å²) in [6, 6.07) is 6.64. The van der Waals surface area contributed by atoms with Gasteiger partial charge in [0.1, 0.15) is 11.8 Å². The van der Waals surface area contributed by atoms with E-state index in [4.69, 9.17) is 9.84 Å². The molecular formula is C16H23NO4S. The van der Waals surface area contributed by atoms with Crippen molar-refractivity contribution in [2.24, 2.45) is 5.92 Å². The number of carbonyl (C=O) groups excluding carboxylic acids is 1. The summed E-state index contributed by atoms with van der Waals surface area (Å²) in [7, 11) is 0. The number of carboxylic acids is 1. The Balaban J connectivity index is 2.45. The summed E-state index contributed by atoms with van der Waals surface area (Å²) >= 11 is 1.37. The quantitative estimate of drug-likeness (QED) is 0.683. The predicted octanol–water partition coefficient (Wildman–Crippen LogP) is 2.79. The molecule has 1 atom stereocenters. The molecule has 0 fully saturated rings. The summed E-state index contributed by atoms with van der Waals surface area (Å²) in [6.45, 7) is 6.39. The zero-order valence-electron chi connectivity index (χ0n) is 13.2. The van der Waals surface area contributed by atoms with Crippen LogP contribution >= 0.6 is 11.8 Å². The summed E-state index contributed by atoms with van der Waals surface area (Å²) in [4.78, 5) is 23.9. The fourth-order valence-corrected chi connectivity index (χ4v) is 2.59. The Morgan fingerprint density at radius 3 is 2.41 bits per heavy atom. The molecule has 0 aromatic heterocycles. The molecule has 5 nitrogen and oxygen atoms in total. The predicted molar refractivity (Wildman–Crippen MR) is 87.4 cm³/mol. The second-order valence-electron chi connectivity index (χ2n) is 5.28. The second-order valence-corrected chi connectivity index (χ2v) is 6.33. The summed E-state index contributed by atoms with van der Waals surface area (Å²) in [5.41, 5.74) is 0. The van der Waals surface area contributed by atoms with Crippen molar-refractivity contribution < 1.29 is 19.4 Å². The van der Waals surface area contributed by atoms with Gasteiger partial charge < -0.3 is 15.2 Å². The van der Waals surface area contributed by atoms with Crippen LogP contribution in [0.1, 0.15) is 27.2 Å². The zero-order chi connectivity index (χ0) is 16.5. The third-order valence-electron chi connectivity index (χ3n) is 2.85. The summed E-state index contributed by atoms with van der Waals surface area (Å²) in [5, 5.41) is 11.7. The molecule has 0 radical (unpaired) electrons. The second kappa shape index (κ2) is 9.35. The molecule has 1 rings (SSSR count). The number of ether oxygens (including phenoxy) is 1. The Hall–Kier alpha value is -1.69. The van der Waals surface area contributed by atoms with Crippen molar-refractivity contribution in [2.45, 2.75) is 38.1 Å². The highest BCUT2D eigenvalue weighted by atomic mass is 32.2. The number of hydrogen-bond acceptors (Lipinski definition) is 4. The molecule has 1 aromatic carbocycles. The zero-order valence-corrected chi connectivity index (χ0v) is 14.0. The fraction of sp³-hybridized carbons (Fsp3) is 0.500. The van der Waals surface area contributed by atoms with Crippen LogP contribution < -0.4 is 10.1 Å². The van der Waals surface area contributed by atoms with Crippen LogP contribution in [0.15, 0.2) is 29.2 Å². The highest BCUT2D eigenvalue weighted by molar-refractivity contribution is 8.00. The normalized spacial score (nSPS) is 12.0. The molecular weight excluding hydrogens is 302 g/mol. The summed E-state index contributed by atoms with van der Waals surface area (Å²) in [5.74, 6) is -0.0741. The van der Waals surface area contributed by atoms with E-state index in [1.54, 1.807) is 0 Å². The minimum Gasteiger partial charge on any atom is -0.494 e. The largest absolute Gasteiger partial charge is 0.494 e.